The molecule has 0 saturated heterocycles. The summed E-state index contributed by atoms with van der Waals surface area (Å²) in [5.41, 5.74) is 12.7. The van der Waals surface area contributed by atoms with E-state index in [0.29, 0.717) is 21.4 Å². The third kappa shape index (κ3) is 4.78. The zero-order valence-corrected chi connectivity index (χ0v) is 15.8. The Balaban J connectivity index is 2.13. The number of hydrogen-bond donors (Lipinski definition) is 4. The third-order valence-corrected chi connectivity index (χ3v) is 5.98. The second-order valence-electron chi connectivity index (χ2n) is 5.68. The maximum Gasteiger partial charge on any atom is 0.320 e. The topological polar surface area (TPSA) is 162 Å². The van der Waals surface area contributed by atoms with Gasteiger partial charge in [0, 0.05) is 26.9 Å². The molecule has 12 heteroatoms. The van der Waals surface area contributed by atoms with Crippen LogP contribution in [0.2, 0.25) is 0 Å². The van der Waals surface area contributed by atoms with Gasteiger partial charge in [-0.2, -0.15) is 0 Å². The summed E-state index contributed by atoms with van der Waals surface area (Å²) in [6.45, 7) is 0. The van der Waals surface area contributed by atoms with Crippen LogP contribution in [0.4, 0.5) is 0 Å². The summed E-state index contributed by atoms with van der Waals surface area (Å²) < 4.78 is 3.46. The Morgan fingerprint density at radius 2 is 1.31 bits per heavy atom. The van der Waals surface area contributed by atoms with Crippen LogP contribution in [0.1, 0.15) is 11.4 Å². The number of aryl methyl sites for hydroxylation is 2. The molecule has 142 valence electrons. The molecule has 2 aromatic rings. The van der Waals surface area contributed by atoms with Crippen molar-refractivity contribution in [1.82, 2.24) is 19.1 Å². The molecular weight excluding hydrogens is 380 g/mol. The number of aromatic nitrogens is 4. The third-order valence-electron chi connectivity index (χ3n) is 3.70. The van der Waals surface area contributed by atoms with Gasteiger partial charge in [0.15, 0.2) is 0 Å². The first-order chi connectivity index (χ1) is 12.2. The number of carboxylic acid groups (broad SMARTS) is 2. The van der Waals surface area contributed by atoms with Gasteiger partial charge in [-0.1, -0.05) is 0 Å². The number of nitrogens with zero attached hydrogens (tertiary/aromatic N) is 4. The van der Waals surface area contributed by atoms with Crippen LogP contribution in [-0.4, -0.2) is 53.3 Å². The molecule has 0 fully saturated rings. The fourth-order valence-corrected chi connectivity index (χ4v) is 4.43. The molecule has 2 heterocycles. The fourth-order valence-electron chi connectivity index (χ4n) is 2.14. The van der Waals surface area contributed by atoms with Crippen molar-refractivity contribution in [2.24, 2.45) is 25.6 Å². The number of carboxylic acids is 2. The van der Waals surface area contributed by atoms with E-state index < -0.39 is 24.0 Å². The monoisotopic (exact) mass is 400 g/mol. The van der Waals surface area contributed by atoms with E-state index in [1.54, 1.807) is 35.9 Å². The molecule has 0 spiro atoms. The number of aliphatic carboxylic acids is 2. The minimum absolute atomic E-state index is 0.147. The van der Waals surface area contributed by atoms with Crippen LogP contribution in [0, 0.1) is 0 Å². The van der Waals surface area contributed by atoms with E-state index in [2.05, 4.69) is 9.97 Å². The van der Waals surface area contributed by atoms with Gasteiger partial charge in [-0.05, 0) is 21.6 Å². The van der Waals surface area contributed by atoms with Crippen LogP contribution in [-0.2, 0) is 36.5 Å². The summed E-state index contributed by atoms with van der Waals surface area (Å²) in [7, 11) is 6.15. The second-order valence-corrected chi connectivity index (χ2v) is 7.79. The zero-order chi connectivity index (χ0) is 19.4. The lowest BCUT2D eigenvalue weighted by molar-refractivity contribution is -0.139. The average Bonchev–Trinajstić information content (AvgIpc) is 3.09. The van der Waals surface area contributed by atoms with Crippen molar-refractivity contribution in [3.63, 3.8) is 0 Å². The fraction of sp³-hybridized carbons (Fsp3) is 0.429. The van der Waals surface area contributed by atoms with Crippen LogP contribution in [0.5, 0.6) is 0 Å². The van der Waals surface area contributed by atoms with Gasteiger partial charge < -0.3 is 30.8 Å². The number of imidazole rings is 2. The Morgan fingerprint density at radius 3 is 1.62 bits per heavy atom. The van der Waals surface area contributed by atoms with Gasteiger partial charge in [0.2, 0.25) is 0 Å². The second kappa shape index (κ2) is 8.58. The molecule has 0 unspecified atom stereocenters. The summed E-state index contributed by atoms with van der Waals surface area (Å²) in [5, 5.41) is 19.3. The Labute approximate surface area is 157 Å². The quantitative estimate of drug-likeness (QED) is 0.417. The molecule has 0 aromatic carbocycles. The Morgan fingerprint density at radius 1 is 0.962 bits per heavy atom. The lowest BCUT2D eigenvalue weighted by Crippen LogP contribution is -2.33. The molecule has 6 N–H and O–H groups in total. The predicted octanol–water partition coefficient (Wildman–Crippen LogP) is -0.138. The van der Waals surface area contributed by atoms with E-state index in [0.717, 1.165) is 0 Å². The molecule has 10 nitrogen and oxygen atoms in total. The number of carbonyl (C=O) groups is 2. The minimum Gasteiger partial charge on any atom is -0.480 e. The van der Waals surface area contributed by atoms with Crippen molar-refractivity contribution < 1.29 is 19.8 Å². The van der Waals surface area contributed by atoms with Crippen molar-refractivity contribution >= 4 is 33.5 Å². The van der Waals surface area contributed by atoms with E-state index in [1.807, 2.05) is 0 Å². The van der Waals surface area contributed by atoms with Crippen LogP contribution < -0.4 is 11.5 Å². The van der Waals surface area contributed by atoms with E-state index in [4.69, 9.17) is 21.7 Å². The highest BCUT2D eigenvalue weighted by Gasteiger charge is 2.21. The highest BCUT2D eigenvalue weighted by molar-refractivity contribution is 8.76. The van der Waals surface area contributed by atoms with Crippen molar-refractivity contribution in [2.75, 3.05) is 0 Å². The van der Waals surface area contributed by atoms with Crippen LogP contribution in [0.25, 0.3) is 0 Å². The average molecular weight is 400 g/mol. The highest BCUT2D eigenvalue weighted by atomic mass is 33.1. The molecule has 2 atom stereocenters. The lowest BCUT2D eigenvalue weighted by Gasteiger charge is -2.10. The molecule has 0 aliphatic rings. The highest BCUT2D eigenvalue weighted by Crippen LogP contribution is 2.39. The van der Waals surface area contributed by atoms with Gasteiger partial charge >= 0.3 is 11.9 Å². The summed E-state index contributed by atoms with van der Waals surface area (Å²) in [4.78, 5) is 30.5. The molecular formula is C14H20N6O4S2. The molecule has 2 aromatic heterocycles. The summed E-state index contributed by atoms with van der Waals surface area (Å²) >= 11 is 0. The molecule has 0 aliphatic carbocycles. The van der Waals surface area contributed by atoms with Gasteiger partial charge in [0.05, 0.1) is 24.0 Å². The summed E-state index contributed by atoms with van der Waals surface area (Å²) in [6.07, 6.45) is 3.47. The first-order valence-electron chi connectivity index (χ1n) is 7.52. The molecule has 0 radical (unpaired) electrons. The Kier molecular flexibility index (Phi) is 6.69. The van der Waals surface area contributed by atoms with E-state index >= 15 is 0 Å². The van der Waals surface area contributed by atoms with Crippen molar-refractivity contribution in [3.8, 4) is 0 Å². The normalized spacial score (nSPS) is 13.5. The Bertz CT molecular complexity index is 739. The lowest BCUT2D eigenvalue weighted by atomic mass is 10.2. The zero-order valence-electron chi connectivity index (χ0n) is 14.2. The molecule has 0 saturated carbocycles. The van der Waals surface area contributed by atoms with Crippen molar-refractivity contribution in [3.05, 3.63) is 24.0 Å². The standard InChI is InChI=1S/C14H20N6O4S2/c1-19-5-17-11(9(19)3-7(15)13(21)22)25-26-12-10(20(2)6-18-12)4-8(16)14(23)24/h5-8H,3-4,15-16H2,1-2H3,(H,21,22)(H,23,24)/t7-,8-/m0/s1. The van der Waals surface area contributed by atoms with Crippen molar-refractivity contribution in [2.45, 2.75) is 35.0 Å². The van der Waals surface area contributed by atoms with Crippen LogP contribution in [0.15, 0.2) is 22.7 Å². The van der Waals surface area contributed by atoms with E-state index in [1.165, 1.54) is 21.6 Å². The van der Waals surface area contributed by atoms with E-state index in [9.17, 15) is 9.59 Å². The SMILES string of the molecule is Cn1cnc(SSc2ncn(C)c2C[C@H](N)C(=O)O)c1C[C@H](N)C(=O)O. The molecule has 0 bridgehead atoms. The number of hydrogen-bond acceptors (Lipinski definition) is 8. The maximum atomic E-state index is 11.0. The Hall–Kier alpha value is -2.02. The molecule has 26 heavy (non-hydrogen) atoms. The smallest absolute Gasteiger partial charge is 0.320 e. The van der Waals surface area contributed by atoms with Gasteiger partial charge in [-0.15, -0.1) is 0 Å². The molecule has 0 amide bonds. The van der Waals surface area contributed by atoms with Gasteiger partial charge in [0.25, 0.3) is 0 Å². The van der Waals surface area contributed by atoms with E-state index in [-0.39, 0.29) is 12.8 Å². The van der Waals surface area contributed by atoms with Crippen LogP contribution in [0.3, 0.4) is 0 Å². The largest absolute Gasteiger partial charge is 0.480 e. The first-order valence-corrected chi connectivity index (χ1v) is 9.67. The van der Waals surface area contributed by atoms with Gasteiger partial charge in [0.1, 0.15) is 22.1 Å². The molecule has 2 rings (SSSR count). The molecule has 0 aliphatic heterocycles. The number of rotatable bonds is 9. The van der Waals surface area contributed by atoms with Crippen LogP contribution >= 0.6 is 21.6 Å². The van der Waals surface area contributed by atoms with Crippen molar-refractivity contribution in [1.29, 1.82) is 0 Å². The summed E-state index contributed by atoms with van der Waals surface area (Å²) in [6, 6.07) is -2.04. The summed E-state index contributed by atoms with van der Waals surface area (Å²) in [5.74, 6) is -2.16. The first kappa shape index (κ1) is 20.3. The van der Waals surface area contributed by atoms with Gasteiger partial charge in [-0.3, -0.25) is 9.59 Å². The predicted molar refractivity (Wildman–Crippen MR) is 96.8 cm³/mol. The number of nitrogens with two attached hydrogens (primary N) is 2. The maximum absolute atomic E-state index is 11.0. The van der Waals surface area contributed by atoms with Gasteiger partial charge in [-0.25, -0.2) is 9.97 Å². The minimum atomic E-state index is -1.08.